The minimum atomic E-state index is -0.611. The van der Waals surface area contributed by atoms with Gasteiger partial charge in [-0.3, -0.25) is 14.6 Å². The Balaban J connectivity index is 1.37. The van der Waals surface area contributed by atoms with Crippen molar-refractivity contribution in [2.75, 3.05) is 58.3 Å². The summed E-state index contributed by atoms with van der Waals surface area (Å²) < 4.78 is 11.2. The molecular weight excluding hydrogens is 406 g/mol. The van der Waals surface area contributed by atoms with Gasteiger partial charge in [-0.15, -0.1) is 6.58 Å². The number of aliphatic hydroxyl groups excluding tert-OH is 1. The summed E-state index contributed by atoms with van der Waals surface area (Å²) in [6.45, 7) is 8.02. The summed E-state index contributed by atoms with van der Waals surface area (Å²) in [6.07, 6.45) is 1.99. The van der Waals surface area contributed by atoms with Gasteiger partial charge in [0.2, 0.25) is 5.91 Å². The van der Waals surface area contributed by atoms with E-state index in [1.165, 1.54) is 0 Å². The molecule has 1 aliphatic heterocycles. The fourth-order valence-electron chi connectivity index (χ4n) is 3.72. The molecule has 2 aromatic carbocycles. The number of β-amino-alcohol motifs (C(OH)–C–C–N with tert-alkyl or cyclic N) is 1. The molecule has 0 saturated carbocycles. The van der Waals surface area contributed by atoms with Gasteiger partial charge in [-0.2, -0.15) is 0 Å². The first-order valence-corrected chi connectivity index (χ1v) is 11.0. The van der Waals surface area contributed by atoms with Crippen LogP contribution < -0.4 is 14.8 Å². The van der Waals surface area contributed by atoms with Crippen LogP contribution >= 0.6 is 0 Å². The summed E-state index contributed by atoms with van der Waals surface area (Å²) in [5.74, 6) is 1.26. The number of hydrogen-bond acceptors (Lipinski definition) is 6. The van der Waals surface area contributed by atoms with Gasteiger partial charge in [0.1, 0.15) is 12.7 Å². The topological polar surface area (TPSA) is 74.3 Å². The number of aliphatic hydroxyl groups is 1. The van der Waals surface area contributed by atoms with Crippen molar-refractivity contribution in [3.8, 4) is 11.5 Å². The van der Waals surface area contributed by atoms with E-state index >= 15 is 0 Å². The van der Waals surface area contributed by atoms with Gasteiger partial charge in [-0.05, 0) is 36.2 Å². The number of hydrogen-bond donors (Lipinski definition) is 2. The molecule has 7 heteroatoms. The minimum Gasteiger partial charge on any atom is -0.493 e. The van der Waals surface area contributed by atoms with Crippen molar-refractivity contribution < 1.29 is 19.4 Å². The molecular formula is C25H33N3O4. The molecule has 1 aliphatic rings. The number of methoxy groups -OCH3 is 1. The predicted molar refractivity (Wildman–Crippen MR) is 126 cm³/mol. The number of nitrogens with one attached hydrogen (secondary N) is 1. The third-order valence-electron chi connectivity index (χ3n) is 5.40. The standard InChI is InChI=1S/C25H33N3O4/c1-3-7-20-10-11-23(24(16-20)31-2)32-19-22(29)17-27-12-14-28(15-13-27)18-25(30)26-21-8-5-4-6-9-21/h3-6,8-11,16,22,29H,1,7,12-15,17-19H2,2H3,(H,26,30). The molecule has 1 heterocycles. The number of benzene rings is 2. The van der Waals surface area contributed by atoms with Crippen LogP contribution in [0.3, 0.4) is 0 Å². The monoisotopic (exact) mass is 439 g/mol. The van der Waals surface area contributed by atoms with Gasteiger partial charge >= 0.3 is 0 Å². The maximum Gasteiger partial charge on any atom is 0.238 e. The van der Waals surface area contributed by atoms with Gasteiger partial charge < -0.3 is 19.9 Å². The van der Waals surface area contributed by atoms with Crippen molar-refractivity contribution in [2.45, 2.75) is 12.5 Å². The molecule has 32 heavy (non-hydrogen) atoms. The Morgan fingerprint density at radius 2 is 1.84 bits per heavy atom. The second-order valence-electron chi connectivity index (χ2n) is 7.93. The zero-order valence-electron chi connectivity index (χ0n) is 18.7. The van der Waals surface area contributed by atoms with Crippen LogP contribution in [0.25, 0.3) is 0 Å². The second-order valence-corrected chi connectivity index (χ2v) is 7.93. The largest absolute Gasteiger partial charge is 0.493 e. The van der Waals surface area contributed by atoms with Crippen molar-refractivity contribution in [3.63, 3.8) is 0 Å². The molecule has 1 fully saturated rings. The Morgan fingerprint density at radius 1 is 1.12 bits per heavy atom. The van der Waals surface area contributed by atoms with Gasteiger partial charge in [0.05, 0.1) is 13.7 Å². The number of para-hydroxylation sites is 1. The molecule has 1 saturated heterocycles. The normalized spacial score (nSPS) is 15.7. The Morgan fingerprint density at radius 3 is 2.53 bits per heavy atom. The number of amides is 1. The summed E-state index contributed by atoms with van der Waals surface area (Å²) >= 11 is 0. The van der Waals surface area contributed by atoms with Crippen molar-refractivity contribution in [1.29, 1.82) is 0 Å². The average Bonchev–Trinajstić information content (AvgIpc) is 2.80. The lowest BCUT2D eigenvalue weighted by Gasteiger charge is -2.35. The van der Waals surface area contributed by atoms with Crippen LogP contribution in [0.4, 0.5) is 5.69 Å². The summed E-state index contributed by atoms with van der Waals surface area (Å²) in [4.78, 5) is 16.6. The highest BCUT2D eigenvalue weighted by Crippen LogP contribution is 2.28. The van der Waals surface area contributed by atoms with E-state index in [4.69, 9.17) is 9.47 Å². The van der Waals surface area contributed by atoms with E-state index in [0.29, 0.717) is 24.6 Å². The van der Waals surface area contributed by atoms with E-state index in [0.717, 1.165) is 43.9 Å². The van der Waals surface area contributed by atoms with Crippen molar-refractivity contribution in [3.05, 3.63) is 66.7 Å². The Labute approximate surface area is 190 Å². The number of carbonyl (C=O) groups is 1. The van der Waals surface area contributed by atoms with Crippen LogP contribution in [-0.2, 0) is 11.2 Å². The maximum atomic E-state index is 12.2. The molecule has 0 spiro atoms. The van der Waals surface area contributed by atoms with Gasteiger partial charge in [0.25, 0.3) is 0 Å². The summed E-state index contributed by atoms with van der Waals surface area (Å²) in [7, 11) is 1.61. The molecule has 0 aliphatic carbocycles. The van der Waals surface area contributed by atoms with Crippen LogP contribution in [0.1, 0.15) is 5.56 Å². The SMILES string of the molecule is C=CCc1ccc(OCC(O)CN2CCN(CC(=O)Nc3ccccc3)CC2)c(OC)c1. The molecule has 172 valence electrons. The second kappa shape index (κ2) is 12.2. The van der Waals surface area contributed by atoms with E-state index < -0.39 is 6.10 Å². The molecule has 7 nitrogen and oxygen atoms in total. The smallest absolute Gasteiger partial charge is 0.238 e. The van der Waals surface area contributed by atoms with E-state index in [1.807, 2.05) is 54.6 Å². The summed E-state index contributed by atoms with van der Waals surface area (Å²) in [5.41, 5.74) is 1.91. The molecule has 1 atom stereocenters. The maximum absolute atomic E-state index is 12.2. The molecule has 2 N–H and O–H groups in total. The van der Waals surface area contributed by atoms with Crippen LogP contribution in [0.2, 0.25) is 0 Å². The zero-order valence-corrected chi connectivity index (χ0v) is 18.7. The average molecular weight is 440 g/mol. The van der Waals surface area contributed by atoms with Crippen LogP contribution in [-0.4, -0.2) is 79.9 Å². The number of nitrogens with zero attached hydrogens (tertiary/aromatic N) is 2. The molecule has 0 aromatic heterocycles. The Bertz CT molecular complexity index is 867. The summed E-state index contributed by atoms with van der Waals surface area (Å²) in [6, 6.07) is 15.2. The lowest BCUT2D eigenvalue weighted by Crippen LogP contribution is -2.50. The van der Waals surface area contributed by atoms with Crippen molar-refractivity contribution >= 4 is 11.6 Å². The Hall–Kier alpha value is -2.87. The van der Waals surface area contributed by atoms with Gasteiger partial charge in [0.15, 0.2) is 11.5 Å². The van der Waals surface area contributed by atoms with Gasteiger partial charge in [-0.1, -0.05) is 30.3 Å². The summed E-state index contributed by atoms with van der Waals surface area (Å²) in [5, 5.41) is 13.4. The number of piperazine rings is 1. The molecule has 1 amide bonds. The highest BCUT2D eigenvalue weighted by molar-refractivity contribution is 5.92. The molecule has 3 rings (SSSR count). The van der Waals surface area contributed by atoms with E-state index in [9.17, 15) is 9.90 Å². The quantitative estimate of drug-likeness (QED) is 0.524. The lowest BCUT2D eigenvalue weighted by atomic mass is 10.1. The van der Waals surface area contributed by atoms with Crippen molar-refractivity contribution in [1.82, 2.24) is 9.80 Å². The van der Waals surface area contributed by atoms with Crippen LogP contribution in [0.15, 0.2) is 61.2 Å². The van der Waals surface area contributed by atoms with Crippen LogP contribution in [0, 0.1) is 0 Å². The first-order valence-electron chi connectivity index (χ1n) is 11.0. The van der Waals surface area contributed by atoms with Crippen LogP contribution in [0.5, 0.6) is 11.5 Å². The number of ether oxygens (including phenoxy) is 2. The highest BCUT2D eigenvalue weighted by Gasteiger charge is 2.21. The Kier molecular flexibility index (Phi) is 9.10. The van der Waals surface area contributed by atoms with E-state index in [1.54, 1.807) is 7.11 Å². The fraction of sp³-hybridized carbons (Fsp3) is 0.400. The molecule has 1 unspecified atom stereocenters. The third kappa shape index (κ3) is 7.37. The number of allylic oxidation sites excluding steroid dienone is 1. The zero-order chi connectivity index (χ0) is 22.8. The third-order valence-corrected chi connectivity index (χ3v) is 5.40. The van der Waals surface area contributed by atoms with Gasteiger partial charge in [-0.25, -0.2) is 0 Å². The minimum absolute atomic E-state index is 0.00820. The first kappa shape index (κ1) is 23.8. The van der Waals surface area contributed by atoms with E-state index in [2.05, 4.69) is 21.7 Å². The highest BCUT2D eigenvalue weighted by atomic mass is 16.5. The van der Waals surface area contributed by atoms with Crippen molar-refractivity contribution in [2.24, 2.45) is 0 Å². The lowest BCUT2D eigenvalue weighted by molar-refractivity contribution is -0.117. The number of anilines is 1. The van der Waals surface area contributed by atoms with Gasteiger partial charge in [0, 0.05) is 38.4 Å². The molecule has 0 radical (unpaired) electrons. The predicted octanol–water partition coefficient (Wildman–Crippen LogP) is 2.42. The van der Waals surface area contributed by atoms with E-state index in [-0.39, 0.29) is 12.5 Å². The number of rotatable bonds is 11. The fourth-order valence-corrected chi connectivity index (χ4v) is 3.72. The number of carbonyl (C=O) groups excluding carboxylic acids is 1. The first-order chi connectivity index (χ1) is 15.6. The molecule has 0 bridgehead atoms. The molecule has 2 aromatic rings.